The lowest BCUT2D eigenvalue weighted by molar-refractivity contribution is -0.148. The van der Waals surface area contributed by atoms with Gasteiger partial charge in [0, 0.05) is 18.6 Å². The lowest BCUT2D eigenvalue weighted by Gasteiger charge is -2.28. The smallest absolute Gasteiger partial charge is 0.312 e. The first kappa shape index (κ1) is 12.2. The molecule has 1 saturated carbocycles. The zero-order chi connectivity index (χ0) is 11.8. The summed E-state index contributed by atoms with van der Waals surface area (Å²) in [6.07, 6.45) is -1.13. The molecule has 16 heavy (non-hydrogen) atoms. The van der Waals surface area contributed by atoms with Crippen molar-refractivity contribution in [1.82, 2.24) is 10.2 Å². The van der Waals surface area contributed by atoms with Crippen LogP contribution in [0.3, 0.4) is 0 Å². The summed E-state index contributed by atoms with van der Waals surface area (Å²) in [6.45, 7) is 2.85. The van der Waals surface area contributed by atoms with Crippen LogP contribution in [0.5, 0.6) is 0 Å². The Labute approximate surface area is 94.2 Å². The first-order chi connectivity index (χ1) is 7.46. The third-order valence-electron chi connectivity index (χ3n) is 3.57. The molecular formula is C11H19F3N2. The van der Waals surface area contributed by atoms with E-state index in [0.717, 1.165) is 25.8 Å². The standard InChI is InChI=1S/C11H19F3N2/c1-8-4-5-15-10(8)6-16(9-2-3-9)7-11(12,13)14/h8-10,15H,2-7H2,1H3. The number of alkyl halides is 3. The summed E-state index contributed by atoms with van der Waals surface area (Å²) in [5.41, 5.74) is 0. The van der Waals surface area contributed by atoms with E-state index in [1.807, 2.05) is 0 Å². The Morgan fingerprint density at radius 3 is 2.38 bits per heavy atom. The van der Waals surface area contributed by atoms with Crippen molar-refractivity contribution in [3.63, 3.8) is 0 Å². The highest BCUT2D eigenvalue weighted by atomic mass is 19.4. The van der Waals surface area contributed by atoms with Gasteiger partial charge in [-0.15, -0.1) is 0 Å². The van der Waals surface area contributed by atoms with Crippen LogP contribution in [0.1, 0.15) is 26.2 Å². The van der Waals surface area contributed by atoms with E-state index in [2.05, 4.69) is 12.2 Å². The maximum absolute atomic E-state index is 12.4. The van der Waals surface area contributed by atoms with Crippen LogP contribution in [0.15, 0.2) is 0 Å². The lowest BCUT2D eigenvalue weighted by atomic mass is 10.0. The first-order valence-corrected chi connectivity index (χ1v) is 6.00. The molecule has 1 aliphatic carbocycles. The zero-order valence-electron chi connectivity index (χ0n) is 9.56. The fourth-order valence-electron chi connectivity index (χ4n) is 2.41. The van der Waals surface area contributed by atoms with E-state index in [9.17, 15) is 13.2 Å². The van der Waals surface area contributed by atoms with Crippen molar-refractivity contribution in [2.24, 2.45) is 5.92 Å². The van der Waals surface area contributed by atoms with E-state index in [4.69, 9.17) is 0 Å². The molecule has 0 bridgehead atoms. The summed E-state index contributed by atoms with van der Waals surface area (Å²) in [6, 6.07) is 0.416. The molecule has 1 heterocycles. The predicted octanol–water partition coefficient (Wildman–Crippen LogP) is 2.01. The molecule has 94 valence electrons. The Bertz CT molecular complexity index is 238. The summed E-state index contributed by atoms with van der Waals surface area (Å²) in [7, 11) is 0. The van der Waals surface area contributed by atoms with E-state index >= 15 is 0 Å². The molecule has 2 aliphatic rings. The number of hydrogen-bond acceptors (Lipinski definition) is 2. The minimum Gasteiger partial charge on any atom is -0.312 e. The quantitative estimate of drug-likeness (QED) is 0.803. The van der Waals surface area contributed by atoms with Crippen LogP contribution in [0.25, 0.3) is 0 Å². The molecular weight excluding hydrogens is 217 g/mol. The molecule has 1 N–H and O–H groups in total. The zero-order valence-corrected chi connectivity index (χ0v) is 9.56. The molecule has 0 aromatic rings. The van der Waals surface area contributed by atoms with Gasteiger partial charge < -0.3 is 5.32 Å². The van der Waals surface area contributed by atoms with E-state index < -0.39 is 12.7 Å². The largest absolute Gasteiger partial charge is 0.401 e. The maximum atomic E-state index is 12.4. The molecule has 2 nitrogen and oxygen atoms in total. The van der Waals surface area contributed by atoms with E-state index in [1.165, 1.54) is 0 Å². The fraction of sp³-hybridized carbons (Fsp3) is 1.00. The maximum Gasteiger partial charge on any atom is 0.401 e. The second-order valence-corrected chi connectivity index (χ2v) is 5.10. The van der Waals surface area contributed by atoms with Gasteiger partial charge in [0.05, 0.1) is 6.54 Å². The average Bonchev–Trinajstić information content (AvgIpc) is 2.90. The van der Waals surface area contributed by atoms with Crippen molar-refractivity contribution in [2.75, 3.05) is 19.6 Å². The van der Waals surface area contributed by atoms with Gasteiger partial charge in [-0.3, -0.25) is 4.90 Å². The first-order valence-electron chi connectivity index (χ1n) is 6.00. The number of halogens is 3. The minimum atomic E-state index is -4.07. The minimum absolute atomic E-state index is 0.177. The van der Waals surface area contributed by atoms with Crippen molar-refractivity contribution in [1.29, 1.82) is 0 Å². The van der Waals surface area contributed by atoms with Gasteiger partial charge in [0.15, 0.2) is 0 Å². The monoisotopic (exact) mass is 236 g/mol. The number of nitrogens with one attached hydrogen (secondary N) is 1. The molecule has 0 spiro atoms. The summed E-state index contributed by atoms with van der Waals surface area (Å²) >= 11 is 0. The molecule has 0 amide bonds. The van der Waals surface area contributed by atoms with Crippen molar-refractivity contribution in [3.05, 3.63) is 0 Å². The SMILES string of the molecule is CC1CCNC1CN(CC(F)(F)F)C1CC1. The highest BCUT2D eigenvalue weighted by Gasteiger charge is 2.39. The topological polar surface area (TPSA) is 15.3 Å². The fourth-order valence-corrected chi connectivity index (χ4v) is 2.41. The normalized spacial score (nSPS) is 31.3. The van der Waals surface area contributed by atoms with Crippen molar-refractivity contribution in [2.45, 2.75) is 44.4 Å². The molecule has 0 aromatic carbocycles. The summed E-state index contributed by atoms with van der Waals surface area (Å²) < 4.78 is 37.2. The Morgan fingerprint density at radius 1 is 1.25 bits per heavy atom. The highest BCUT2D eigenvalue weighted by molar-refractivity contribution is 4.91. The van der Waals surface area contributed by atoms with Gasteiger partial charge in [-0.25, -0.2) is 0 Å². The van der Waals surface area contributed by atoms with Crippen LogP contribution < -0.4 is 5.32 Å². The number of hydrogen-bond donors (Lipinski definition) is 1. The third kappa shape index (κ3) is 3.35. The summed E-state index contributed by atoms with van der Waals surface area (Å²) in [4.78, 5) is 1.61. The molecule has 2 fully saturated rings. The Balaban J connectivity index is 1.87. The van der Waals surface area contributed by atoms with Gasteiger partial charge in [-0.05, 0) is 31.7 Å². The molecule has 1 aliphatic heterocycles. The molecule has 2 rings (SSSR count). The van der Waals surface area contributed by atoms with Gasteiger partial charge in [0.1, 0.15) is 0 Å². The number of nitrogens with zero attached hydrogens (tertiary/aromatic N) is 1. The molecule has 0 aromatic heterocycles. The summed E-state index contributed by atoms with van der Waals surface area (Å²) in [5.74, 6) is 0.495. The Hall–Kier alpha value is -0.290. The lowest BCUT2D eigenvalue weighted by Crippen LogP contribution is -2.45. The van der Waals surface area contributed by atoms with Crippen LogP contribution in [0.2, 0.25) is 0 Å². The summed E-state index contributed by atoms with van der Waals surface area (Å²) in [5, 5.41) is 3.30. The molecule has 5 heteroatoms. The second-order valence-electron chi connectivity index (χ2n) is 5.10. The van der Waals surface area contributed by atoms with E-state index in [-0.39, 0.29) is 12.1 Å². The van der Waals surface area contributed by atoms with Crippen LogP contribution in [0, 0.1) is 5.92 Å². The van der Waals surface area contributed by atoms with Gasteiger partial charge in [0.25, 0.3) is 0 Å². The Morgan fingerprint density at radius 2 is 1.94 bits per heavy atom. The van der Waals surface area contributed by atoms with Crippen molar-refractivity contribution < 1.29 is 13.2 Å². The van der Waals surface area contributed by atoms with Gasteiger partial charge in [0.2, 0.25) is 0 Å². The molecule has 0 radical (unpaired) electrons. The highest BCUT2D eigenvalue weighted by Crippen LogP contribution is 2.31. The number of rotatable bonds is 4. The molecule has 2 unspecified atom stereocenters. The van der Waals surface area contributed by atoms with Gasteiger partial charge in [-0.1, -0.05) is 6.92 Å². The average molecular weight is 236 g/mol. The van der Waals surface area contributed by atoms with E-state index in [1.54, 1.807) is 4.90 Å². The predicted molar refractivity (Wildman–Crippen MR) is 56.2 cm³/mol. The van der Waals surface area contributed by atoms with Crippen LogP contribution in [-0.2, 0) is 0 Å². The van der Waals surface area contributed by atoms with Gasteiger partial charge in [-0.2, -0.15) is 13.2 Å². The van der Waals surface area contributed by atoms with Crippen LogP contribution in [-0.4, -0.2) is 42.8 Å². The van der Waals surface area contributed by atoms with Crippen molar-refractivity contribution >= 4 is 0 Å². The second kappa shape index (κ2) is 4.53. The Kier molecular flexibility index (Phi) is 3.45. The molecule has 1 saturated heterocycles. The molecule has 2 atom stereocenters. The van der Waals surface area contributed by atoms with Gasteiger partial charge >= 0.3 is 6.18 Å². The third-order valence-corrected chi connectivity index (χ3v) is 3.57. The van der Waals surface area contributed by atoms with Crippen LogP contribution >= 0.6 is 0 Å². The van der Waals surface area contributed by atoms with Crippen molar-refractivity contribution in [3.8, 4) is 0 Å². The van der Waals surface area contributed by atoms with Crippen LogP contribution in [0.4, 0.5) is 13.2 Å². The van der Waals surface area contributed by atoms with E-state index in [0.29, 0.717) is 12.5 Å².